The fourth-order valence-electron chi connectivity index (χ4n) is 2.96. The third kappa shape index (κ3) is 3.18. The predicted octanol–water partition coefficient (Wildman–Crippen LogP) is 2.27. The van der Waals surface area contributed by atoms with Gasteiger partial charge in [0.2, 0.25) is 0 Å². The minimum Gasteiger partial charge on any atom is -0.395 e. The lowest BCUT2D eigenvalue weighted by Gasteiger charge is -2.33. The number of hydrogen-bond acceptors (Lipinski definition) is 2. The molecule has 0 bridgehead atoms. The molecule has 2 heteroatoms. The first-order chi connectivity index (χ1) is 7.31. The average Bonchev–Trinajstić information content (AvgIpc) is 3.04. The molecular formula is C13H25NO. The van der Waals surface area contributed by atoms with Crippen molar-refractivity contribution >= 4 is 0 Å². The molecule has 1 N–H and O–H groups in total. The van der Waals surface area contributed by atoms with Gasteiger partial charge >= 0.3 is 0 Å². The predicted molar refractivity (Wildman–Crippen MR) is 62.8 cm³/mol. The molecule has 2 nitrogen and oxygen atoms in total. The first kappa shape index (κ1) is 11.4. The van der Waals surface area contributed by atoms with Gasteiger partial charge in [0.05, 0.1) is 6.61 Å². The Bertz CT molecular complexity index is 189. The molecule has 0 aromatic carbocycles. The van der Waals surface area contributed by atoms with E-state index < -0.39 is 0 Å². The summed E-state index contributed by atoms with van der Waals surface area (Å²) in [6.07, 6.45) is 8.41. The van der Waals surface area contributed by atoms with Crippen molar-refractivity contribution < 1.29 is 5.11 Å². The average molecular weight is 211 g/mol. The maximum Gasteiger partial charge on any atom is 0.0558 e. The number of hydrogen-bond donors (Lipinski definition) is 1. The lowest BCUT2D eigenvalue weighted by atomic mass is 9.80. The molecule has 2 saturated carbocycles. The Labute approximate surface area is 93.7 Å². The van der Waals surface area contributed by atoms with Crippen LogP contribution >= 0.6 is 0 Å². The number of rotatable bonds is 5. The Morgan fingerprint density at radius 2 is 1.87 bits per heavy atom. The molecule has 2 atom stereocenters. The van der Waals surface area contributed by atoms with Crippen molar-refractivity contribution in [3.05, 3.63) is 0 Å². The molecule has 2 unspecified atom stereocenters. The highest BCUT2D eigenvalue weighted by atomic mass is 16.3. The SMILES string of the molecule is CC1CCCCC1CN(CCO)C1CC1. The summed E-state index contributed by atoms with van der Waals surface area (Å²) in [5, 5.41) is 9.07. The van der Waals surface area contributed by atoms with Crippen LogP contribution in [0.5, 0.6) is 0 Å². The van der Waals surface area contributed by atoms with E-state index in [9.17, 15) is 0 Å². The highest BCUT2D eigenvalue weighted by Gasteiger charge is 2.32. The van der Waals surface area contributed by atoms with Crippen molar-refractivity contribution in [3.63, 3.8) is 0 Å². The van der Waals surface area contributed by atoms with Gasteiger partial charge in [0.25, 0.3) is 0 Å². The quantitative estimate of drug-likeness (QED) is 0.754. The van der Waals surface area contributed by atoms with Crippen LogP contribution in [-0.2, 0) is 0 Å². The number of aliphatic hydroxyl groups is 1. The van der Waals surface area contributed by atoms with Gasteiger partial charge in [-0.15, -0.1) is 0 Å². The van der Waals surface area contributed by atoms with E-state index in [1.807, 2.05) is 0 Å². The molecule has 0 aromatic rings. The molecule has 0 amide bonds. The van der Waals surface area contributed by atoms with Gasteiger partial charge in [-0.05, 0) is 31.1 Å². The van der Waals surface area contributed by atoms with Crippen LogP contribution < -0.4 is 0 Å². The van der Waals surface area contributed by atoms with Gasteiger partial charge in [-0.3, -0.25) is 4.90 Å². The first-order valence-corrected chi connectivity index (χ1v) is 6.66. The van der Waals surface area contributed by atoms with Gasteiger partial charge in [-0.1, -0.05) is 26.2 Å². The van der Waals surface area contributed by atoms with Crippen molar-refractivity contribution in [1.29, 1.82) is 0 Å². The third-order valence-corrected chi connectivity index (χ3v) is 4.21. The van der Waals surface area contributed by atoms with Gasteiger partial charge < -0.3 is 5.11 Å². The number of nitrogens with zero attached hydrogens (tertiary/aromatic N) is 1. The second kappa shape index (κ2) is 5.31. The topological polar surface area (TPSA) is 23.5 Å². The van der Waals surface area contributed by atoms with E-state index in [-0.39, 0.29) is 0 Å². The van der Waals surface area contributed by atoms with Gasteiger partial charge in [-0.25, -0.2) is 0 Å². The zero-order valence-electron chi connectivity index (χ0n) is 9.99. The Morgan fingerprint density at radius 3 is 2.47 bits per heavy atom. The second-order valence-corrected chi connectivity index (χ2v) is 5.47. The molecule has 88 valence electrons. The summed E-state index contributed by atoms with van der Waals surface area (Å²) < 4.78 is 0. The van der Waals surface area contributed by atoms with Gasteiger partial charge in [-0.2, -0.15) is 0 Å². The van der Waals surface area contributed by atoms with Crippen LogP contribution in [-0.4, -0.2) is 35.7 Å². The van der Waals surface area contributed by atoms with E-state index in [4.69, 9.17) is 5.11 Å². The highest BCUT2D eigenvalue weighted by molar-refractivity contribution is 4.87. The molecule has 0 aliphatic heterocycles. The molecule has 2 rings (SSSR count). The third-order valence-electron chi connectivity index (χ3n) is 4.21. The van der Waals surface area contributed by atoms with E-state index >= 15 is 0 Å². The summed E-state index contributed by atoms with van der Waals surface area (Å²) >= 11 is 0. The lowest BCUT2D eigenvalue weighted by molar-refractivity contribution is 0.129. The Hall–Kier alpha value is -0.0800. The minimum absolute atomic E-state index is 0.331. The molecule has 0 radical (unpaired) electrons. The van der Waals surface area contributed by atoms with Crippen molar-refractivity contribution in [1.82, 2.24) is 4.90 Å². The Morgan fingerprint density at radius 1 is 1.13 bits per heavy atom. The van der Waals surface area contributed by atoms with Crippen LogP contribution in [0.4, 0.5) is 0 Å². The highest BCUT2D eigenvalue weighted by Crippen LogP contribution is 2.33. The standard InChI is InChI=1S/C13H25NO/c1-11-4-2-3-5-12(11)10-14(8-9-15)13-6-7-13/h11-13,15H,2-10H2,1H3. The van der Waals surface area contributed by atoms with Crippen LogP contribution in [0.3, 0.4) is 0 Å². The molecule has 2 aliphatic carbocycles. The van der Waals surface area contributed by atoms with E-state index in [0.717, 1.165) is 24.4 Å². The fraction of sp³-hybridized carbons (Fsp3) is 1.00. The van der Waals surface area contributed by atoms with E-state index in [0.29, 0.717) is 6.61 Å². The molecule has 0 aromatic heterocycles. The largest absolute Gasteiger partial charge is 0.395 e. The molecule has 2 aliphatic rings. The maximum atomic E-state index is 9.07. The van der Waals surface area contributed by atoms with Crippen LogP contribution in [0, 0.1) is 11.8 Å². The monoisotopic (exact) mass is 211 g/mol. The normalized spacial score (nSPS) is 32.2. The summed E-state index contributed by atoms with van der Waals surface area (Å²) in [6, 6.07) is 0.811. The van der Waals surface area contributed by atoms with Crippen LogP contribution in [0.15, 0.2) is 0 Å². The van der Waals surface area contributed by atoms with E-state index in [2.05, 4.69) is 11.8 Å². The second-order valence-electron chi connectivity index (χ2n) is 5.47. The summed E-state index contributed by atoms with van der Waals surface area (Å²) in [5.41, 5.74) is 0. The van der Waals surface area contributed by atoms with Crippen LogP contribution in [0.1, 0.15) is 45.4 Å². The fourth-order valence-corrected chi connectivity index (χ4v) is 2.96. The van der Waals surface area contributed by atoms with E-state index in [1.165, 1.54) is 45.1 Å². The van der Waals surface area contributed by atoms with Crippen LogP contribution in [0.25, 0.3) is 0 Å². The van der Waals surface area contributed by atoms with Gasteiger partial charge in [0.15, 0.2) is 0 Å². The summed E-state index contributed by atoms with van der Waals surface area (Å²) in [6.45, 7) is 4.88. The van der Waals surface area contributed by atoms with E-state index in [1.54, 1.807) is 0 Å². The zero-order valence-corrected chi connectivity index (χ0v) is 9.99. The Balaban J connectivity index is 1.81. The van der Waals surface area contributed by atoms with Crippen molar-refractivity contribution in [2.75, 3.05) is 19.7 Å². The zero-order chi connectivity index (χ0) is 10.7. The van der Waals surface area contributed by atoms with Crippen molar-refractivity contribution in [2.24, 2.45) is 11.8 Å². The van der Waals surface area contributed by atoms with Crippen molar-refractivity contribution in [2.45, 2.75) is 51.5 Å². The molecule has 0 spiro atoms. The molecule has 2 fully saturated rings. The number of aliphatic hydroxyl groups excluding tert-OH is 1. The lowest BCUT2D eigenvalue weighted by Crippen LogP contribution is -2.37. The van der Waals surface area contributed by atoms with Gasteiger partial charge in [0.1, 0.15) is 0 Å². The summed E-state index contributed by atoms with van der Waals surface area (Å²) in [7, 11) is 0. The molecular weight excluding hydrogens is 186 g/mol. The molecule has 0 saturated heterocycles. The van der Waals surface area contributed by atoms with Gasteiger partial charge in [0, 0.05) is 19.1 Å². The smallest absolute Gasteiger partial charge is 0.0558 e. The minimum atomic E-state index is 0.331. The maximum absolute atomic E-state index is 9.07. The molecule has 0 heterocycles. The van der Waals surface area contributed by atoms with Crippen molar-refractivity contribution in [3.8, 4) is 0 Å². The molecule has 15 heavy (non-hydrogen) atoms. The summed E-state index contributed by atoms with van der Waals surface area (Å²) in [5.74, 6) is 1.80. The first-order valence-electron chi connectivity index (χ1n) is 6.66. The Kier molecular flexibility index (Phi) is 4.04. The summed E-state index contributed by atoms with van der Waals surface area (Å²) in [4.78, 5) is 2.53. The van der Waals surface area contributed by atoms with Crippen LogP contribution in [0.2, 0.25) is 0 Å².